The number of carbonyl (C=O) groups is 1. The number of alkyl halides is 2. The number of nitrogens with zero attached hydrogens (tertiary/aromatic N) is 4. The fourth-order valence-electron chi connectivity index (χ4n) is 4.90. The van der Waals surface area contributed by atoms with Gasteiger partial charge in [-0.3, -0.25) is 4.79 Å². The van der Waals surface area contributed by atoms with Crippen molar-refractivity contribution in [3.05, 3.63) is 59.9 Å². The van der Waals surface area contributed by atoms with Gasteiger partial charge in [0.15, 0.2) is 0 Å². The number of halogens is 2. The number of carboxylic acid groups (broad SMARTS) is 1. The molecular formula is C26H29F2N5O2. The molecule has 0 amide bonds. The summed E-state index contributed by atoms with van der Waals surface area (Å²) >= 11 is 0. The highest BCUT2D eigenvalue weighted by Gasteiger charge is 2.35. The van der Waals surface area contributed by atoms with Crippen LogP contribution in [0.5, 0.6) is 0 Å². The fourth-order valence-corrected chi connectivity index (χ4v) is 4.90. The second-order valence-electron chi connectivity index (χ2n) is 9.43. The zero-order valence-corrected chi connectivity index (χ0v) is 19.9. The molecule has 1 aliphatic rings. The van der Waals surface area contributed by atoms with Crippen LogP contribution in [0.4, 0.5) is 20.4 Å². The van der Waals surface area contributed by atoms with Crippen LogP contribution in [0.15, 0.2) is 42.9 Å². The Morgan fingerprint density at radius 2 is 1.86 bits per heavy atom. The molecule has 35 heavy (non-hydrogen) atoms. The molecule has 7 nitrogen and oxygen atoms in total. The SMILES string of the molecule is Cc1cc(Nc2nccc(C(F)F)n2)cc(-c2cnc([C@H](C)[C@H]3CC[C@@H](C(=O)O)[C@@H](C)C3)nc2)c1. The first-order chi connectivity index (χ1) is 16.7. The molecule has 184 valence electrons. The van der Waals surface area contributed by atoms with Gasteiger partial charge in [0.1, 0.15) is 11.5 Å². The first kappa shape index (κ1) is 24.6. The molecule has 4 atom stereocenters. The van der Waals surface area contributed by atoms with Crippen LogP contribution in [-0.2, 0) is 4.79 Å². The van der Waals surface area contributed by atoms with E-state index in [0.717, 1.165) is 35.4 Å². The predicted molar refractivity (Wildman–Crippen MR) is 129 cm³/mol. The molecule has 9 heteroatoms. The Hall–Kier alpha value is -3.49. The molecule has 0 bridgehead atoms. The van der Waals surface area contributed by atoms with Gasteiger partial charge in [-0.25, -0.2) is 28.7 Å². The van der Waals surface area contributed by atoms with Crippen molar-refractivity contribution in [2.45, 2.75) is 52.4 Å². The molecule has 3 aromatic rings. The molecule has 1 saturated carbocycles. The maximum absolute atomic E-state index is 13.0. The number of rotatable bonds is 7. The van der Waals surface area contributed by atoms with Crippen LogP contribution in [0.25, 0.3) is 11.1 Å². The molecule has 4 rings (SSSR count). The number of aromatic nitrogens is 4. The third-order valence-corrected chi connectivity index (χ3v) is 6.88. The summed E-state index contributed by atoms with van der Waals surface area (Å²) < 4.78 is 25.9. The maximum atomic E-state index is 13.0. The van der Waals surface area contributed by atoms with E-state index in [2.05, 4.69) is 32.2 Å². The number of nitrogens with one attached hydrogen (secondary N) is 1. The largest absolute Gasteiger partial charge is 0.481 e. The third kappa shape index (κ3) is 5.78. The molecule has 1 aliphatic carbocycles. The molecule has 2 heterocycles. The monoisotopic (exact) mass is 481 g/mol. The quantitative estimate of drug-likeness (QED) is 0.416. The van der Waals surface area contributed by atoms with Gasteiger partial charge in [0, 0.05) is 35.8 Å². The molecule has 0 aliphatic heterocycles. The van der Waals surface area contributed by atoms with Crippen LogP contribution >= 0.6 is 0 Å². The Kier molecular flexibility index (Phi) is 7.33. The fraction of sp³-hybridized carbons (Fsp3) is 0.423. The van der Waals surface area contributed by atoms with E-state index in [1.54, 1.807) is 12.4 Å². The van der Waals surface area contributed by atoms with Crippen molar-refractivity contribution in [1.29, 1.82) is 0 Å². The van der Waals surface area contributed by atoms with Gasteiger partial charge in [0.05, 0.1) is 5.92 Å². The highest BCUT2D eigenvalue weighted by atomic mass is 19.3. The second-order valence-corrected chi connectivity index (χ2v) is 9.43. The Balaban J connectivity index is 1.49. The maximum Gasteiger partial charge on any atom is 0.306 e. The number of anilines is 2. The van der Waals surface area contributed by atoms with Crippen LogP contribution in [0, 0.1) is 24.7 Å². The van der Waals surface area contributed by atoms with E-state index in [-0.39, 0.29) is 29.4 Å². The first-order valence-electron chi connectivity index (χ1n) is 11.8. The number of aryl methyl sites for hydroxylation is 1. The van der Waals surface area contributed by atoms with E-state index in [1.807, 2.05) is 32.0 Å². The number of carboxylic acids is 1. The Labute approximate surface area is 203 Å². The van der Waals surface area contributed by atoms with Crippen molar-refractivity contribution in [2.75, 3.05) is 5.32 Å². The minimum absolute atomic E-state index is 0.103. The molecule has 0 saturated heterocycles. The smallest absolute Gasteiger partial charge is 0.306 e. The molecule has 2 N–H and O–H groups in total. The lowest BCUT2D eigenvalue weighted by atomic mass is 9.71. The van der Waals surface area contributed by atoms with Gasteiger partial charge < -0.3 is 10.4 Å². The number of aliphatic carboxylic acids is 1. The normalized spacial score (nSPS) is 21.0. The Morgan fingerprint density at radius 1 is 1.11 bits per heavy atom. The zero-order valence-electron chi connectivity index (χ0n) is 19.9. The topological polar surface area (TPSA) is 101 Å². The predicted octanol–water partition coefficient (Wildman–Crippen LogP) is 6.16. The zero-order chi connectivity index (χ0) is 25.1. The van der Waals surface area contributed by atoms with E-state index < -0.39 is 12.4 Å². The van der Waals surface area contributed by atoms with Gasteiger partial charge in [0.25, 0.3) is 6.43 Å². The lowest BCUT2D eigenvalue weighted by molar-refractivity contribution is -0.145. The van der Waals surface area contributed by atoms with Gasteiger partial charge in [-0.05, 0) is 67.3 Å². The van der Waals surface area contributed by atoms with Crippen molar-refractivity contribution in [1.82, 2.24) is 19.9 Å². The van der Waals surface area contributed by atoms with E-state index >= 15 is 0 Å². The molecule has 0 unspecified atom stereocenters. The summed E-state index contributed by atoms with van der Waals surface area (Å²) in [7, 11) is 0. The van der Waals surface area contributed by atoms with Gasteiger partial charge in [0.2, 0.25) is 5.95 Å². The standard InChI is InChI=1S/C26H29F2N5O2/c1-14-8-18(11-20(9-14)32-26-29-7-6-22(33-26)23(27)28)19-12-30-24(31-13-19)16(3)17-4-5-21(25(34)35)15(2)10-17/h6-9,11-13,15-17,21,23H,4-5,10H2,1-3H3,(H,34,35)(H,29,32,33)/t15-,16+,17-,21+/m0/s1. The van der Waals surface area contributed by atoms with Gasteiger partial charge in [-0.2, -0.15) is 0 Å². The second kappa shape index (κ2) is 10.4. The lowest BCUT2D eigenvalue weighted by Gasteiger charge is -2.34. The first-order valence-corrected chi connectivity index (χ1v) is 11.8. The minimum atomic E-state index is -2.67. The van der Waals surface area contributed by atoms with Crippen LogP contribution in [0.1, 0.15) is 62.5 Å². The highest BCUT2D eigenvalue weighted by Crippen LogP contribution is 2.40. The summed E-state index contributed by atoms with van der Waals surface area (Å²) in [5, 5.41) is 12.4. The van der Waals surface area contributed by atoms with Gasteiger partial charge in [-0.1, -0.05) is 19.9 Å². The summed E-state index contributed by atoms with van der Waals surface area (Å²) in [6.07, 6.45) is 4.61. The van der Waals surface area contributed by atoms with Crippen molar-refractivity contribution < 1.29 is 18.7 Å². The van der Waals surface area contributed by atoms with Crippen LogP contribution in [0.3, 0.4) is 0 Å². The summed E-state index contributed by atoms with van der Waals surface area (Å²) in [5.74, 6) is 0.505. The summed E-state index contributed by atoms with van der Waals surface area (Å²) in [6, 6.07) is 6.95. The average Bonchev–Trinajstić information content (AvgIpc) is 2.83. The van der Waals surface area contributed by atoms with Gasteiger partial charge >= 0.3 is 5.97 Å². The molecule has 2 aromatic heterocycles. The number of hydrogen-bond acceptors (Lipinski definition) is 6. The summed E-state index contributed by atoms with van der Waals surface area (Å²) in [6.45, 7) is 6.06. The van der Waals surface area contributed by atoms with Crippen LogP contribution < -0.4 is 5.32 Å². The Bertz CT molecular complexity index is 1190. The number of benzene rings is 1. The molecular weight excluding hydrogens is 452 g/mol. The molecule has 0 spiro atoms. The van der Waals surface area contributed by atoms with Crippen molar-refractivity contribution in [3.8, 4) is 11.1 Å². The lowest BCUT2D eigenvalue weighted by Crippen LogP contribution is -2.31. The Morgan fingerprint density at radius 3 is 2.51 bits per heavy atom. The van der Waals surface area contributed by atoms with Crippen LogP contribution in [0.2, 0.25) is 0 Å². The van der Waals surface area contributed by atoms with Gasteiger partial charge in [-0.15, -0.1) is 0 Å². The van der Waals surface area contributed by atoms with E-state index in [0.29, 0.717) is 18.0 Å². The van der Waals surface area contributed by atoms with E-state index in [4.69, 9.17) is 0 Å². The molecule has 1 aromatic carbocycles. The van der Waals surface area contributed by atoms with E-state index in [1.165, 1.54) is 12.3 Å². The van der Waals surface area contributed by atoms with Crippen molar-refractivity contribution >= 4 is 17.6 Å². The van der Waals surface area contributed by atoms with Crippen molar-refractivity contribution in [2.24, 2.45) is 17.8 Å². The third-order valence-electron chi connectivity index (χ3n) is 6.88. The van der Waals surface area contributed by atoms with Crippen LogP contribution in [-0.4, -0.2) is 31.0 Å². The average molecular weight is 482 g/mol. The van der Waals surface area contributed by atoms with E-state index in [9.17, 15) is 18.7 Å². The molecule has 1 fully saturated rings. The summed E-state index contributed by atoms with van der Waals surface area (Å²) in [5.41, 5.74) is 3.02. The van der Waals surface area contributed by atoms with Crippen molar-refractivity contribution in [3.63, 3.8) is 0 Å². The summed E-state index contributed by atoms with van der Waals surface area (Å²) in [4.78, 5) is 28.6. The minimum Gasteiger partial charge on any atom is -0.481 e. The highest BCUT2D eigenvalue weighted by molar-refractivity contribution is 5.71. The number of hydrogen-bond donors (Lipinski definition) is 2. The molecule has 0 radical (unpaired) electrons.